The zero-order chi connectivity index (χ0) is 6.78. The molecule has 0 saturated heterocycles. The Morgan fingerprint density at radius 2 is 1.30 bits per heavy atom. The molecule has 0 unspecified atom stereocenters. The van der Waals surface area contributed by atoms with E-state index < -0.39 is 21.0 Å². The Morgan fingerprint density at radius 3 is 1.30 bits per heavy atom. The summed E-state index contributed by atoms with van der Waals surface area (Å²) >= 11 is 0. The molecule has 54 valence electrons. The van der Waals surface area contributed by atoms with Crippen molar-refractivity contribution in [2.45, 2.75) is 0 Å². The van der Waals surface area contributed by atoms with Crippen molar-refractivity contribution in [3.63, 3.8) is 0 Å². The Balaban J connectivity index is -0.000000245. The predicted octanol–water partition coefficient (Wildman–Crippen LogP) is -7.31. The van der Waals surface area contributed by atoms with Crippen molar-refractivity contribution in [1.82, 2.24) is 0 Å². The molecule has 0 saturated carbocycles. The first kappa shape index (κ1) is 18.2. The van der Waals surface area contributed by atoms with Gasteiger partial charge in [0.25, 0.3) is 0 Å². The van der Waals surface area contributed by atoms with E-state index >= 15 is 0 Å². The van der Waals surface area contributed by atoms with Gasteiger partial charge in [-0.15, -0.1) is 0 Å². The van der Waals surface area contributed by atoms with Gasteiger partial charge in [0.2, 0.25) is 10.2 Å². The van der Waals surface area contributed by atoms with Gasteiger partial charge in [-0.2, -0.15) is 14.0 Å². The molecular formula is H2Cl2Na2O6. The molecule has 0 aromatic carbocycles. The molecule has 0 aliphatic heterocycles. The van der Waals surface area contributed by atoms with E-state index in [9.17, 15) is 14.0 Å². The summed E-state index contributed by atoms with van der Waals surface area (Å²) in [7, 11) is -7.85. The SMILES string of the molecule is [NaH].[NaH].[O-][Cl+2]([O-])O[Cl+3]([O-])([O-])[O-]. The second-order valence-corrected chi connectivity index (χ2v) is 2.23. The van der Waals surface area contributed by atoms with Crippen LogP contribution in [0.4, 0.5) is 0 Å². The first-order chi connectivity index (χ1) is 3.42. The maximum atomic E-state index is 9.23. The average Bonchev–Trinajstić information content (AvgIpc) is 1.21. The average molecular weight is 215 g/mol. The van der Waals surface area contributed by atoms with Crippen molar-refractivity contribution in [3.8, 4) is 0 Å². The van der Waals surface area contributed by atoms with E-state index in [1.165, 1.54) is 0 Å². The summed E-state index contributed by atoms with van der Waals surface area (Å²) in [4.78, 5) is 0. The van der Waals surface area contributed by atoms with Gasteiger partial charge in [-0.3, -0.25) is 0 Å². The van der Waals surface area contributed by atoms with Gasteiger partial charge in [0, 0.05) is 0 Å². The summed E-state index contributed by atoms with van der Waals surface area (Å²) < 4.78 is 48.7. The van der Waals surface area contributed by atoms with Gasteiger partial charge in [0.15, 0.2) is 0 Å². The first-order valence-corrected chi connectivity index (χ1v) is 3.24. The molecule has 0 atom stereocenters. The largest absolute Gasteiger partial charge is 0.473 e. The van der Waals surface area contributed by atoms with Crippen LogP contribution in [-0.2, 0) is 3.84 Å². The molecule has 0 N–H and O–H groups in total. The zero-order valence-corrected chi connectivity index (χ0v) is 4.72. The number of hydrogen-bond acceptors (Lipinski definition) is 6. The van der Waals surface area contributed by atoms with Crippen LogP contribution in [0, 0.1) is 21.0 Å². The van der Waals surface area contributed by atoms with Gasteiger partial charge >= 0.3 is 73.7 Å². The van der Waals surface area contributed by atoms with Crippen LogP contribution in [0.2, 0.25) is 0 Å². The Kier molecular flexibility index (Phi) is 14.5. The van der Waals surface area contributed by atoms with Crippen LogP contribution in [0.5, 0.6) is 0 Å². The molecule has 0 amide bonds. The van der Waals surface area contributed by atoms with Crippen molar-refractivity contribution in [2.75, 3.05) is 0 Å². The normalized spacial score (nSPS) is 10.2. The van der Waals surface area contributed by atoms with E-state index in [-0.39, 0.29) is 59.1 Å². The maximum Gasteiger partial charge on any atom is 0.473 e. The van der Waals surface area contributed by atoms with Gasteiger partial charge in [0.05, 0.1) is 0 Å². The predicted molar refractivity (Wildman–Crippen MR) is 15.4 cm³/mol. The molecule has 0 aromatic rings. The minimum Gasteiger partial charge on any atom is -0.307 e. The van der Waals surface area contributed by atoms with Gasteiger partial charge in [-0.1, -0.05) is 0 Å². The van der Waals surface area contributed by atoms with E-state index in [4.69, 9.17) is 9.32 Å². The van der Waals surface area contributed by atoms with Crippen LogP contribution < -0.4 is 23.3 Å². The molecule has 0 fully saturated rings. The van der Waals surface area contributed by atoms with Crippen LogP contribution in [0.1, 0.15) is 0 Å². The monoisotopic (exact) mass is 214 g/mol. The molecule has 0 heterocycles. The number of hydrogen-bond donors (Lipinski definition) is 0. The van der Waals surface area contributed by atoms with E-state index in [2.05, 4.69) is 3.84 Å². The summed E-state index contributed by atoms with van der Waals surface area (Å²) in [6.07, 6.45) is 0. The van der Waals surface area contributed by atoms with Crippen LogP contribution in [-0.4, -0.2) is 59.1 Å². The minimum atomic E-state index is -4.85. The third-order valence-electron chi connectivity index (χ3n) is 0.119. The van der Waals surface area contributed by atoms with E-state index in [1.54, 1.807) is 0 Å². The molecule has 0 aliphatic carbocycles. The molecule has 0 radical (unpaired) electrons. The fraction of sp³-hybridized carbons (Fsp3) is 0. The Morgan fingerprint density at radius 1 is 1.00 bits per heavy atom. The third-order valence-corrected chi connectivity index (χ3v) is 1.07. The summed E-state index contributed by atoms with van der Waals surface area (Å²) in [5, 5.41) is 0. The second kappa shape index (κ2) is 7.96. The van der Waals surface area contributed by atoms with Gasteiger partial charge in [0.1, 0.15) is 0 Å². The molecule has 0 spiro atoms. The third kappa shape index (κ3) is 16.7. The summed E-state index contributed by atoms with van der Waals surface area (Å²) in [5.41, 5.74) is 0. The van der Waals surface area contributed by atoms with Gasteiger partial charge < -0.3 is 9.32 Å². The molecule has 0 aliphatic rings. The fourth-order valence-corrected chi connectivity index (χ4v) is 0.525. The maximum absolute atomic E-state index is 9.23. The zero-order valence-electron chi connectivity index (χ0n) is 3.21. The van der Waals surface area contributed by atoms with Crippen molar-refractivity contribution in [1.29, 1.82) is 0 Å². The Bertz CT molecular complexity index is 68.6. The fourth-order valence-electron chi connectivity index (χ4n) is 0.0583. The van der Waals surface area contributed by atoms with E-state index in [0.717, 1.165) is 0 Å². The molecule has 6 nitrogen and oxygen atoms in total. The first-order valence-electron chi connectivity index (χ1n) is 1.08. The van der Waals surface area contributed by atoms with Gasteiger partial charge in [-0.05, 0) is 0 Å². The number of halogens is 2. The molecule has 0 bridgehead atoms. The van der Waals surface area contributed by atoms with Crippen LogP contribution >= 0.6 is 0 Å². The Labute approximate surface area is 106 Å². The molecule has 0 rings (SSSR count). The minimum absolute atomic E-state index is 0. The van der Waals surface area contributed by atoms with E-state index in [0.29, 0.717) is 0 Å². The second-order valence-electron chi connectivity index (χ2n) is 0.625. The van der Waals surface area contributed by atoms with Crippen LogP contribution in [0.3, 0.4) is 0 Å². The molecule has 0 aromatic heterocycles. The molecular weight excluding hydrogens is 213 g/mol. The van der Waals surface area contributed by atoms with Crippen LogP contribution in [0.15, 0.2) is 0 Å². The van der Waals surface area contributed by atoms with Crippen molar-refractivity contribution >= 4 is 59.1 Å². The smallest absolute Gasteiger partial charge is 0.307 e. The molecule has 10 heteroatoms. The Hall–Kier alpha value is 2.34. The van der Waals surface area contributed by atoms with Crippen molar-refractivity contribution in [3.05, 3.63) is 0 Å². The van der Waals surface area contributed by atoms with E-state index in [1.807, 2.05) is 0 Å². The topological polar surface area (TPSA) is 125 Å². The standard InChI is InChI=1S/Cl2O6.2Na.2H/c3-1(4)8-2(5,6)7;;;;. The van der Waals surface area contributed by atoms with Crippen LogP contribution in [0.25, 0.3) is 0 Å². The molecule has 10 heavy (non-hydrogen) atoms. The summed E-state index contributed by atoms with van der Waals surface area (Å²) in [6.45, 7) is 0. The van der Waals surface area contributed by atoms with Crippen molar-refractivity contribution in [2.24, 2.45) is 0 Å². The summed E-state index contributed by atoms with van der Waals surface area (Å²) in [6, 6.07) is 0. The van der Waals surface area contributed by atoms with Crippen molar-refractivity contribution < 1.29 is 48.2 Å². The van der Waals surface area contributed by atoms with Gasteiger partial charge in [-0.25, -0.2) is 0 Å². The number of rotatable bonds is 2. The summed E-state index contributed by atoms with van der Waals surface area (Å²) in [5.74, 6) is 0. The quantitative estimate of drug-likeness (QED) is 0.421.